The van der Waals surface area contributed by atoms with E-state index in [2.05, 4.69) is 10.1 Å². The van der Waals surface area contributed by atoms with E-state index in [9.17, 15) is 9.90 Å². The smallest absolute Gasteiger partial charge is 0.314 e. The second-order valence-corrected chi connectivity index (χ2v) is 6.70. The molecule has 22 heavy (non-hydrogen) atoms. The third kappa shape index (κ3) is 2.97. The summed E-state index contributed by atoms with van der Waals surface area (Å²) in [5.41, 5.74) is 0. The summed E-state index contributed by atoms with van der Waals surface area (Å²) in [6.45, 7) is 5.47. The van der Waals surface area contributed by atoms with E-state index < -0.39 is 11.9 Å². The number of hydrogen-bond acceptors (Lipinski definition) is 5. The molecule has 3 heterocycles. The van der Waals surface area contributed by atoms with Crippen molar-refractivity contribution in [1.82, 2.24) is 10.1 Å². The Bertz CT molecular complexity index is 528. The number of aliphatic carboxylic acids is 1. The average molecular weight is 308 g/mol. The normalized spacial score (nSPS) is 26.3. The molecule has 0 aromatic carbocycles. The fourth-order valence-corrected chi connectivity index (χ4v) is 3.78. The fourth-order valence-electron chi connectivity index (χ4n) is 3.78. The first-order chi connectivity index (χ1) is 10.6. The van der Waals surface area contributed by atoms with Crippen LogP contribution in [0, 0.1) is 5.92 Å². The summed E-state index contributed by atoms with van der Waals surface area (Å²) in [6.07, 6.45) is 5.01. The summed E-state index contributed by atoms with van der Waals surface area (Å²) in [6, 6.07) is 2.81. The molecular formula is C16H24N2O4. The summed E-state index contributed by atoms with van der Waals surface area (Å²) >= 11 is 0. The first-order valence-electron chi connectivity index (χ1n) is 8.14. The molecule has 2 aliphatic rings. The highest BCUT2D eigenvalue weighted by Gasteiger charge is 2.37. The van der Waals surface area contributed by atoms with Gasteiger partial charge in [0.05, 0.1) is 0 Å². The Morgan fingerprint density at radius 3 is 3.05 bits per heavy atom. The van der Waals surface area contributed by atoms with Crippen molar-refractivity contribution < 1.29 is 19.2 Å². The maximum Gasteiger partial charge on any atom is 0.314 e. The van der Waals surface area contributed by atoms with Crippen LogP contribution in [0.5, 0.6) is 5.88 Å². The largest absolute Gasteiger partial charge is 0.481 e. The standard InChI is InChI=1S/C16H24N2O4/c1-10(2)15(16(19)20)13-8-14(17-22-13)21-9-12-6-5-11-4-3-7-18(11)12/h8,10-12,15H,3-7,9H2,1-2H3,(H,19,20). The number of ether oxygens (including phenoxy) is 1. The van der Waals surface area contributed by atoms with Crippen molar-refractivity contribution in [2.24, 2.45) is 5.92 Å². The zero-order chi connectivity index (χ0) is 15.7. The maximum absolute atomic E-state index is 11.3. The van der Waals surface area contributed by atoms with E-state index in [-0.39, 0.29) is 5.92 Å². The van der Waals surface area contributed by atoms with E-state index in [1.54, 1.807) is 6.07 Å². The molecule has 3 rings (SSSR count). The van der Waals surface area contributed by atoms with Crippen molar-refractivity contribution in [3.05, 3.63) is 11.8 Å². The van der Waals surface area contributed by atoms with Crippen LogP contribution in [0.3, 0.4) is 0 Å². The quantitative estimate of drug-likeness (QED) is 0.870. The van der Waals surface area contributed by atoms with Gasteiger partial charge in [-0.3, -0.25) is 9.69 Å². The van der Waals surface area contributed by atoms with Crippen LogP contribution in [-0.4, -0.2) is 46.4 Å². The lowest BCUT2D eigenvalue weighted by molar-refractivity contribution is -0.140. The van der Waals surface area contributed by atoms with Crippen LogP contribution >= 0.6 is 0 Å². The Morgan fingerprint density at radius 1 is 1.50 bits per heavy atom. The molecule has 122 valence electrons. The molecule has 6 heteroatoms. The summed E-state index contributed by atoms with van der Waals surface area (Å²) in [5, 5.41) is 13.1. The molecule has 6 nitrogen and oxygen atoms in total. The van der Waals surface area contributed by atoms with Crippen molar-refractivity contribution in [3.8, 4) is 5.88 Å². The molecule has 0 aliphatic carbocycles. The summed E-state index contributed by atoms with van der Waals surface area (Å²) in [7, 11) is 0. The predicted octanol–water partition coefficient (Wildman–Crippen LogP) is 2.50. The third-order valence-corrected chi connectivity index (χ3v) is 4.89. The molecule has 2 fully saturated rings. The Labute approximate surface area is 130 Å². The second-order valence-electron chi connectivity index (χ2n) is 6.70. The van der Waals surface area contributed by atoms with Crippen LogP contribution in [0.1, 0.15) is 51.2 Å². The molecule has 0 saturated carbocycles. The van der Waals surface area contributed by atoms with Crippen LogP contribution in [0.25, 0.3) is 0 Å². The Balaban J connectivity index is 1.59. The molecular weight excluding hydrogens is 284 g/mol. The molecule has 2 aliphatic heterocycles. The Hall–Kier alpha value is -1.56. The molecule has 1 aromatic rings. The Kier molecular flexibility index (Phi) is 4.38. The highest BCUT2D eigenvalue weighted by atomic mass is 16.5. The van der Waals surface area contributed by atoms with Crippen LogP contribution < -0.4 is 4.74 Å². The number of rotatable bonds is 6. The van der Waals surface area contributed by atoms with Crippen LogP contribution in [0.15, 0.2) is 10.6 Å². The van der Waals surface area contributed by atoms with E-state index >= 15 is 0 Å². The van der Waals surface area contributed by atoms with E-state index in [0.29, 0.717) is 24.3 Å². The number of hydrogen-bond donors (Lipinski definition) is 1. The van der Waals surface area contributed by atoms with Gasteiger partial charge >= 0.3 is 5.97 Å². The monoisotopic (exact) mass is 308 g/mol. The van der Waals surface area contributed by atoms with Gasteiger partial charge in [-0.15, -0.1) is 0 Å². The van der Waals surface area contributed by atoms with Crippen LogP contribution in [-0.2, 0) is 4.79 Å². The van der Waals surface area contributed by atoms with Crippen molar-refractivity contribution in [1.29, 1.82) is 0 Å². The molecule has 3 unspecified atom stereocenters. The van der Waals surface area contributed by atoms with E-state index in [1.165, 1.54) is 25.7 Å². The molecule has 1 N–H and O–H groups in total. The van der Waals surface area contributed by atoms with Gasteiger partial charge in [-0.05, 0) is 43.3 Å². The summed E-state index contributed by atoms with van der Waals surface area (Å²) in [4.78, 5) is 13.8. The van der Waals surface area contributed by atoms with E-state index in [1.807, 2.05) is 13.8 Å². The molecule has 2 saturated heterocycles. The van der Waals surface area contributed by atoms with E-state index in [0.717, 1.165) is 12.6 Å². The van der Waals surface area contributed by atoms with Crippen LogP contribution in [0.4, 0.5) is 0 Å². The van der Waals surface area contributed by atoms with Gasteiger partial charge < -0.3 is 14.4 Å². The van der Waals surface area contributed by atoms with Gasteiger partial charge in [0.2, 0.25) is 0 Å². The van der Waals surface area contributed by atoms with Crippen molar-refractivity contribution >= 4 is 5.97 Å². The predicted molar refractivity (Wildman–Crippen MR) is 80.0 cm³/mol. The highest BCUT2D eigenvalue weighted by molar-refractivity contribution is 5.75. The molecule has 0 bridgehead atoms. The second kappa shape index (κ2) is 6.28. The zero-order valence-corrected chi connectivity index (χ0v) is 13.2. The number of carboxylic acid groups (broad SMARTS) is 1. The van der Waals surface area contributed by atoms with Gasteiger partial charge in [-0.2, -0.15) is 0 Å². The first-order valence-corrected chi connectivity index (χ1v) is 8.14. The number of nitrogens with zero attached hydrogens (tertiary/aromatic N) is 2. The number of carboxylic acids is 1. The minimum absolute atomic E-state index is 0.0570. The van der Waals surface area contributed by atoms with Gasteiger partial charge in [-0.1, -0.05) is 13.8 Å². The highest BCUT2D eigenvalue weighted by Crippen LogP contribution is 2.33. The average Bonchev–Trinajstić information content (AvgIpc) is 3.11. The lowest BCUT2D eigenvalue weighted by atomic mass is 9.94. The molecule has 0 spiro atoms. The van der Waals surface area contributed by atoms with Gasteiger partial charge in [0.1, 0.15) is 12.5 Å². The van der Waals surface area contributed by atoms with Crippen LogP contribution in [0.2, 0.25) is 0 Å². The van der Waals surface area contributed by atoms with Gasteiger partial charge in [0, 0.05) is 18.2 Å². The Morgan fingerprint density at radius 2 is 2.32 bits per heavy atom. The third-order valence-electron chi connectivity index (χ3n) is 4.89. The number of aromatic nitrogens is 1. The van der Waals surface area contributed by atoms with Crippen molar-refractivity contribution in [2.75, 3.05) is 13.2 Å². The van der Waals surface area contributed by atoms with E-state index in [4.69, 9.17) is 9.26 Å². The zero-order valence-electron chi connectivity index (χ0n) is 13.2. The lowest BCUT2D eigenvalue weighted by Crippen LogP contribution is -2.35. The van der Waals surface area contributed by atoms with Gasteiger partial charge in [-0.25, -0.2) is 0 Å². The SMILES string of the molecule is CC(C)C(C(=O)O)c1cc(OCC2CCC3CCCN32)no1. The minimum Gasteiger partial charge on any atom is -0.481 e. The molecule has 0 radical (unpaired) electrons. The van der Waals surface area contributed by atoms with Crippen molar-refractivity contribution in [3.63, 3.8) is 0 Å². The van der Waals surface area contributed by atoms with Gasteiger partial charge in [0.25, 0.3) is 5.88 Å². The van der Waals surface area contributed by atoms with Crippen molar-refractivity contribution in [2.45, 2.75) is 57.5 Å². The topological polar surface area (TPSA) is 75.8 Å². The lowest BCUT2D eigenvalue weighted by Gasteiger charge is -2.23. The maximum atomic E-state index is 11.3. The minimum atomic E-state index is -0.895. The molecule has 0 amide bonds. The van der Waals surface area contributed by atoms with Gasteiger partial charge in [0.15, 0.2) is 5.76 Å². The molecule has 3 atom stereocenters. The molecule has 1 aromatic heterocycles. The fraction of sp³-hybridized carbons (Fsp3) is 0.750. The summed E-state index contributed by atoms with van der Waals surface area (Å²) in [5.74, 6) is -0.876. The number of carbonyl (C=O) groups is 1. The first kappa shape index (κ1) is 15.3. The number of fused-ring (bicyclic) bond motifs is 1. The summed E-state index contributed by atoms with van der Waals surface area (Å²) < 4.78 is 10.9.